The van der Waals surface area contributed by atoms with E-state index in [1.807, 2.05) is 45.0 Å². The van der Waals surface area contributed by atoms with Crippen molar-refractivity contribution in [1.82, 2.24) is 4.57 Å². The predicted molar refractivity (Wildman–Crippen MR) is 107 cm³/mol. The summed E-state index contributed by atoms with van der Waals surface area (Å²) in [4.78, 5) is 25.4. The monoisotopic (exact) mass is 382 g/mol. The number of aromatic nitrogens is 1. The van der Waals surface area contributed by atoms with Crippen LogP contribution >= 0.6 is 0 Å². The fourth-order valence-electron chi connectivity index (χ4n) is 3.25. The summed E-state index contributed by atoms with van der Waals surface area (Å²) < 4.78 is 6.82. The lowest BCUT2D eigenvalue weighted by Crippen LogP contribution is -2.28. The van der Waals surface area contributed by atoms with Crippen molar-refractivity contribution in [3.8, 4) is 17.7 Å². The summed E-state index contributed by atoms with van der Waals surface area (Å²) >= 11 is 0. The number of ether oxygens (including phenoxy) is 1. The molecule has 1 aromatic heterocycles. The van der Waals surface area contributed by atoms with Gasteiger partial charge in [0.05, 0.1) is 5.56 Å². The number of para-hydroxylation sites is 1. The topological polar surface area (TPSA) is 92.3 Å². The number of Topliss-reactive ketones (excluding diaryl/α,β-unsaturated/α-hetero) is 1. The molecule has 148 valence electrons. The average Bonchev–Trinajstić information content (AvgIpc) is 2.64. The number of rotatable bonds is 8. The Bertz CT molecular complexity index is 963. The molecule has 6 heteroatoms. The molecule has 0 bridgehead atoms. The molecule has 6 nitrogen and oxygen atoms in total. The normalized spacial score (nSPS) is 10.5. The van der Waals surface area contributed by atoms with Gasteiger partial charge in [-0.05, 0) is 43.9 Å². The molecule has 0 aliphatic carbocycles. The molecule has 0 atom stereocenters. The van der Waals surface area contributed by atoms with Crippen LogP contribution in [0.15, 0.2) is 23.0 Å². The molecule has 1 N–H and O–H groups in total. The van der Waals surface area contributed by atoms with Crippen molar-refractivity contribution < 1.29 is 14.6 Å². The van der Waals surface area contributed by atoms with E-state index in [4.69, 9.17) is 4.74 Å². The fourth-order valence-corrected chi connectivity index (χ4v) is 3.25. The molecule has 0 saturated heterocycles. The van der Waals surface area contributed by atoms with Gasteiger partial charge in [0.2, 0.25) is 11.7 Å². The second-order valence-corrected chi connectivity index (χ2v) is 6.91. The van der Waals surface area contributed by atoms with E-state index in [-0.39, 0.29) is 29.8 Å². The number of aryl methyl sites for hydroxylation is 2. The predicted octanol–water partition coefficient (Wildman–Crippen LogP) is 3.80. The Hall–Kier alpha value is -3.07. The van der Waals surface area contributed by atoms with Crippen LogP contribution in [0.3, 0.4) is 0 Å². The minimum absolute atomic E-state index is 0.0288. The van der Waals surface area contributed by atoms with Gasteiger partial charge in [-0.3, -0.25) is 14.2 Å². The van der Waals surface area contributed by atoms with E-state index >= 15 is 0 Å². The highest BCUT2D eigenvalue weighted by Crippen LogP contribution is 2.25. The van der Waals surface area contributed by atoms with E-state index in [0.29, 0.717) is 12.2 Å². The van der Waals surface area contributed by atoms with Crippen LogP contribution in [0.4, 0.5) is 0 Å². The summed E-state index contributed by atoms with van der Waals surface area (Å²) in [5, 5.41) is 20.0. The minimum atomic E-state index is -0.569. The number of ketones is 1. The van der Waals surface area contributed by atoms with E-state index < -0.39 is 17.2 Å². The second kappa shape index (κ2) is 9.23. The molecule has 0 saturated carbocycles. The number of benzene rings is 1. The molecule has 0 amide bonds. The number of hydrogen-bond acceptors (Lipinski definition) is 5. The standard InChI is InChI=1S/C22H26N2O4/c1-5-6-7-11-24-21(26)17(12-23)16(4)19(22(24)27)18(25)13-28-20-14(2)9-8-10-15(20)3/h8-10,27H,5-7,11,13H2,1-4H3. The highest BCUT2D eigenvalue weighted by Gasteiger charge is 2.24. The van der Waals surface area contributed by atoms with Gasteiger partial charge < -0.3 is 9.84 Å². The van der Waals surface area contributed by atoms with Crippen LogP contribution in [0.2, 0.25) is 0 Å². The number of pyridine rings is 1. The molecular weight excluding hydrogens is 356 g/mol. The van der Waals surface area contributed by atoms with Crippen molar-refractivity contribution in [2.24, 2.45) is 0 Å². The van der Waals surface area contributed by atoms with Crippen LogP contribution in [0.25, 0.3) is 0 Å². The van der Waals surface area contributed by atoms with Crippen molar-refractivity contribution in [2.45, 2.75) is 53.5 Å². The molecule has 1 aromatic carbocycles. The average molecular weight is 382 g/mol. The van der Waals surface area contributed by atoms with Gasteiger partial charge in [-0.15, -0.1) is 0 Å². The molecule has 0 radical (unpaired) electrons. The Labute approximate surface area is 165 Å². The van der Waals surface area contributed by atoms with Gasteiger partial charge in [-0.2, -0.15) is 5.26 Å². The molecule has 0 unspecified atom stereocenters. The first-order chi connectivity index (χ1) is 13.3. The molecular formula is C22H26N2O4. The van der Waals surface area contributed by atoms with Crippen LogP contribution < -0.4 is 10.3 Å². The summed E-state index contributed by atoms with van der Waals surface area (Å²) in [7, 11) is 0. The van der Waals surface area contributed by atoms with Gasteiger partial charge in [-0.25, -0.2) is 0 Å². The third-order valence-corrected chi connectivity index (χ3v) is 4.82. The highest BCUT2D eigenvalue weighted by molar-refractivity contribution is 6.01. The quantitative estimate of drug-likeness (QED) is 0.554. The lowest BCUT2D eigenvalue weighted by molar-refractivity contribution is 0.0915. The Morgan fingerprint density at radius 1 is 1.21 bits per heavy atom. The maximum atomic E-state index is 12.8. The molecule has 1 heterocycles. The zero-order valence-electron chi connectivity index (χ0n) is 16.8. The van der Waals surface area contributed by atoms with Crippen LogP contribution in [-0.4, -0.2) is 22.1 Å². The largest absolute Gasteiger partial charge is 0.494 e. The van der Waals surface area contributed by atoms with Crippen molar-refractivity contribution in [2.75, 3.05) is 6.61 Å². The van der Waals surface area contributed by atoms with Crippen LogP contribution in [0, 0.1) is 32.1 Å². The summed E-state index contributed by atoms with van der Waals surface area (Å²) in [5.74, 6) is -0.254. The van der Waals surface area contributed by atoms with Gasteiger partial charge in [0.25, 0.3) is 5.56 Å². The van der Waals surface area contributed by atoms with Crippen molar-refractivity contribution in [3.63, 3.8) is 0 Å². The number of nitriles is 1. The maximum Gasteiger partial charge on any atom is 0.271 e. The molecule has 28 heavy (non-hydrogen) atoms. The van der Waals surface area contributed by atoms with Gasteiger partial charge in [0, 0.05) is 6.54 Å². The first-order valence-corrected chi connectivity index (χ1v) is 9.42. The lowest BCUT2D eigenvalue weighted by Gasteiger charge is -2.16. The van der Waals surface area contributed by atoms with E-state index in [1.165, 1.54) is 6.92 Å². The summed E-state index contributed by atoms with van der Waals surface area (Å²) in [6.07, 6.45) is 2.49. The minimum Gasteiger partial charge on any atom is -0.494 e. The molecule has 0 spiro atoms. The van der Waals surface area contributed by atoms with E-state index in [9.17, 15) is 20.0 Å². The van der Waals surface area contributed by atoms with Crippen molar-refractivity contribution in [1.29, 1.82) is 5.26 Å². The van der Waals surface area contributed by atoms with Gasteiger partial charge >= 0.3 is 0 Å². The number of carbonyl (C=O) groups is 1. The Morgan fingerprint density at radius 3 is 2.43 bits per heavy atom. The van der Waals surface area contributed by atoms with Crippen LogP contribution in [-0.2, 0) is 6.54 Å². The number of carbonyl (C=O) groups excluding carboxylic acids is 1. The van der Waals surface area contributed by atoms with Gasteiger partial charge in [0.15, 0.2) is 6.61 Å². The number of unbranched alkanes of at least 4 members (excludes halogenated alkanes) is 2. The summed E-state index contributed by atoms with van der Waals surface area (Å²) in [6, 6.07) is 7.55. The lowest BCUT2D eigenvalue weighted by atomic mass is 10.0. The van der Waals surface area contributed by atoms with Crippen LogP contribution in [0.5, 0.6) is 11.6 Å². The maximum absolute atomic E-state index is 12.8. The third kappa shape index (κ3) is 4.25. The Balaban J connectivity index is 2.40. The number of aromatic hydroxyl groups is 1. The fraction of sp³-hybridized carbons (Fsp3) is 0.409. The first kappa shape index (κ1) is 21.2. The van der Waals surface area contributed by atoms with E-state index in [0.717, 1.165) is 28.5 Å². The van der Waals surface area contributed by atoms with Crippen molar-refractivity contribution in [3.05, 3.63) is 56.4 Å². The van der Waals surface area contributed by atoms with Crippen molar-refractivity contribution >= 4 is 5.78 Å². The number of nitrogens with zero attached hydrogens (tertiary/aromatic N) is 2. The summed E-state index contributed by atoms with van der Waals surface area (Å²) in [6.45, 7) is 7.26. The molecule has 2 rings (SSSR count). The molecule has 2 aromatic rings. The summed E-state index contributed by atoms with van der Waals surface area (Å²) in [5.41, 5.74) is 1.27. The molecule has 0 aliphatic heterocycles. The molecule has 0 fully saturated rings. The first-order valence-electron chi connectivity index (χ1n) is 9.42. The smallest absolute Gasteiger partial charge is 0.271 e. The zero-order valence-corrected chi connectivity index (χ0v) is 16.8. The molecule has 0 aliphatic rings. The zero-order chi connectivity index (χ0) is 20.8. The highest BCUT2D eigenvalue weighted by atomic mass is 16.5. The Kier molecular flexibility index (Phi) is 7.00. The van der Waals surface area contributed by atoms with Gasteiger partial charge in [-0.1, -0.05) is 38.0 Å². The third-order valence-electron chi connectivity index (χ3n) is 4.82. The van der Waals surface area contributed by atoms with Gasteiger partial charge in [0.1, 0.15) is 17.4 Å². The SMILES string of the molecule is CCCCCn1c(O)c(C(=O)COc2c(C)cccc2C)c(C)c(C#N)c1=O. The van der Waals surface area contributed by atoms with E-state index in [2.05, 4.69) is 0 Å². The second-order valence-electron chi connectivity index (χ2n) is 6.91. The van der Waals surface area contributed by atoms with Crippen LogP contribution in [0.1, 0.15) is 58.8 Å². The Morgan fingerprint density at radius 2 is 1.86 bits per heavy atom. The van der Waals surface area contributed by atoms with E-state index in [1.54, 1.807) is 0 Å². The number of hydrogen-bond donors (Lipinski definition) is 1.